The fourth-order valence-electron chi connectivity index (χ4n) is 1.84. The van der Waals surface area contributed by atoms with Crippen LogP contribution in [0, 0.1) is 0 Å². The van der Waals surface area contributed by atoms with Crippen LogP contribution >= 0.6 is 11.6 Å². The van der Waals surface area contributed by atoms with Crippen LogP contribution in [0.4, 0.5) is 0 Å². The molecule has 0 N–H and O–H groups in total. The van der Waals surface area contributed by atoms with Crippen molar-refractivity contribution in [1.82, 2.24) is 0 Å². The highest BCUT2D eigenvalue weighted by Crippen LogP contribution is 2.23. The van der Waals surface area contributed by atoms with Crippen molar-refractivity contribution in [3.8, 4) is 5.75 Å². The van der Waals surface area contributed by atoms with Crippen molar-refractivity contribution in [2.24, 2.45) is 0 Å². The van der Waals surface area contributed by atoms with Crippen LogP contribution in [0.15, 0.2) is 24.8 Å². The van der Waals surface area contributed by atoms with Crippen LogP contribution in [-0.2, 0) is 0 Å². The molecule has 0 aliphatic heterocycles. The van der Waals surface area contributed by atoms with Crippen LogP contribution in [-0.4, -0.2) is 6.61 Å². The van der Waals surface area contributed by atoms with Gasteiger partial charge >= 0.3 is 0 Å². The zero-order chi connectivity index (χ0) is 13.2. The van der Waals surface area contributed by atoms with Gasteiger partial charge in [-0.15, -0.1) is 0 Å². The third kappa shape index (κ3) is 5.59. The maximum Gasteiger partial charge on any atom is 0.120 e. The van der Waals surface area contributed by atoms with Crippen molar-refractivity contribution < 1.29 is 4.74 Å². The van der Waals surface area contributed by atoms with Gasteiger partial charge in [-0.2, -0.15) is 0 Å². The standard InChI is InChI=1S/C16H23ClO/c1-3-5-6-7-8-9-12-18-15-11-10-14(4-2)16(17)13-15/h4,10-11,13H,2-3,5-9,12H2,1H3. The summed E-state index contributed by atoms with van der Waals surface area (Å²) in [6.45, 7) is 6.72. The lowest BCUT2D eigenvalue weighted by Gasteiger charge is -2.07. The molecule has 0 bridgehead atoms. The lowest BCUT2D eigenvalue weighted by Crippen LogP contribution is -1.97. The van der Waals surface area contributed by atoms with Gasteiger partial charge in [0.25, 0.3) is 0 Å². The monoisotopic (exact) mass is 266 g/mol. The fourth-order valence-corrected chi connectivity index (χ4v) is 2.08. The lowest BCUT2D eigenvalue weighted by atomic mass is 10.1. The van der Waals surface area contributed by atoms with Gasteiger partial charge < -0.3 is 4.74 Å². The molecular formula is C16H23ClO. The minimum atomic E-state index is 0.699. The van der Waals surface area contributed by atoms with E-state index in [2.05, 4.69) is 13.5 Å². The summed E-state index contributed by atoms with van der Waals surface area (Å²) in [5.41, 5.74) is 0.948. The Hall–Kier alpha value is -0.950. The first-order chi connectivity index (χ1) is 8.77. The molecule has 2 heteroatoms. The molecule has 0 radical (unpaired) electrons. The Morgan fingerprint density at radius 3 is 2.56 bits per heavy atom. The molecule has 1 nitrogen and oxygen atoms in total. The summed E-state index contributed by atoms with van der Waals surface area (Å²) in [5.74, 6) is 0.846. The SMILES string of the molecule is C=Cc1ccc(OCCCCCCCC)cc1Cl. The summed E-state index contributed by atoms with van der Waals surface area (Å²) in [6, 6.07) is 5.74. The topological polar surface area (TPSA) is 9.23 Å². The summed E-state index contributed by atoms with van der Waals surface area (Å²) in [7, 11) is 0. The second-order valence-corrected chi connectivity index (χ2v) is 4.91. The summed E-state index contributed by atoms with van der Waals surface area (Å²) < 4.78 is 5.67. The zero-order valence-corrected chi connectivity index (χ0v) is 12.0. The van der Waals surface area contributed by atoms with E-state index in [0.717, 1.165) is 24.3 Å². The molecule has 0 spiro atoms. The highest BCUT2D eigenvalue weighted by Gasteiger charge is 1.99. The van der Waals surface area contributed by atoms with E-state index >= 15 is 0 Å². The van der Waals surface area contributed by atoms with E-state index in [4.69, 9.17) is 16.3 Å². The number of benzene rings is 1. The predicted octanol–water partition coefficient (Wildman–Crippen LogP) is 5.72. The molecule has 1 aromatic carbocycles. The quantitative estimate of drug-likeness (QED) is 0.519. The van der Waals surface area contributed by atoms with Gasteiger partial charge in [-0.25, -0.2) is 0 Å². The first-order valence-electron chi connectivity index (χ1n) is 6.82. The maximum atomic E-state index is 6.08. The molecule has 0 heterocycles. The Kier molecular flexibility index (Phi) is 7.59. The summed E-state index contributed by atoms with van der Waals surface area (Å²) in [6.07, 6.45) is 9.41. The van der Waals surface area contributed by atoms with Crippen LogP contribution in [0.5, 0.6) is 5.75 Å². The van der Waals surface area contributed by atoms with Crippen molar-refractivity contribution in [2.75, 3.05) is 6.61 Å². The molecule has 0 fully saturated rings. The fraction of sp³-hybridized carbons (Fsp3) is 0.500. The van der Waals surface area contributed by atoms with E-state index in [-0.39, 0.29) is 0 Å². The van der Waals surface area contributed by atoms with E-state index in [1.807, 2.05) is 18.2 Å². The van der Waals surface area contributed by atoms with Gasteiger partial charge in [0.1, 0.15) is 5.75 Å². The summed E-state index contributed by atoms with van der Waals surface area (Å²) in [5, 5.41) is 0.699. The Morgan fingerprint density at radius 1 is 1.17 bits per heavy atom. The molecule has 18 heavy (non-hydrogen) atoms. The number of rotatable bonds is 9. The van der Waals surface area contributed by atoms with Gasteiger partial charge in [-0.3, -0.25) is 0 Å². The van der Waals surface area contributed by atoms with E-state index in [9.17, 15) is 0 Å². The predicted molar refractivity (Wildman–Crippen MR) is 80.4 cm³/mol. The molecule has 0 atom stereocenters. The molecule has 100 valence electrons. The molecule has 0 aliphatic rings. The van der Waals surface area contributed by atoms with Crippen LogP contribution < -0.4 is 4.74 Å². The molecule has 0 amide bonds. The number of hydrogen-bond donors (Lipinski definition) is 0. The third-order valence-corrected chi connectivity index (χ3v) is 3.29. The molecule has 1 rings (SSSR count). The van der Waals surface area contributed by atoms with Crippen molar-refractivity contribution in [3.05, 3.63) is 35.4 Å². The van der Waals surface area contributed by atoms with Crippen LogP contribution in [0.25, 0.3) is 6.08 Å². The van der Waals surface area contributed by atoms with E-state index in [0.29, 0.717) is 5.02 Å². The van der Waals surface area contributed by atoms with Gasteiger partial charge in [-0.05, 0) is 30.2 Å². The first-order valence-corrected chi connectivity index (χ1v) is 7.20. The zero-order valence-electron chi connectivity index (χ0n) is 11.3. The van der Waals surface area contributed by atoms with E-state index < -0.39 is 0 Å². The van der Waals surface area contributed by atoms with Crippen molar-refractivity contribution in [1.29, 1.82) is 0 Å². The van der Waals surface area contributed by atoms with Gasteiger partial charge in [0.15, 0.2) is 0 Å². The van der Waals surface area contributed by atoms with Crippen molar-refractivity contribution in [2.45, 2.75) is 45.4 Å². The minimum absolute atomic E-state index is 0.699. The Balaban J connectivity index is 2.19. The smallest absolute Gasteiger partial charge is 0.120 e. The molecule has 0 unspecified atom stereocenters. The average molecular weight is 267 g/mol. The normalized spacial score (nSPS) is 10.3. The number of ether oxygens (including phenoxy) is 1. The van der Waals surface area contributed by atoms with Gasteiger partial charge in [0.2, 0.25) is 0 Å². The second kappa shape index (κ2) is 9.04. The Labute approximate surface area is 116 Å². The summed E-state index contributed by atoms with van der Waals surface area (Å²) >= 11 is 6.08. The van der Waals surface area contributed by atoms with Gasteiger partial charge in [0.05, 0.1) is 11.6 Å². The highest BCUT2D eigenvalue weighted by atomic mass is 35.5. The van der Waals surface area contributed by atoms with E-state index in [1.54, 1.807) is 6.08 Å². The molecule has 0 saturated carbocycles. The van der Waals surface area contributed by atoms with Crippen LogP contribution in [0.2, 0.25) is 5.02 Å². The molecule has 1 aromatic rings. The molecular weight excluding hydrogens is 244 g/mol. The molecule has 0 aromatic heterocycles. The maximum absolute atomic E-state index is 6.08. The Bertz CT molecular complexity index is 360. The third-order valence-electron chi connectivity index (χ3n) is 2.96. The van der Waals surface area contributed by atoms with Gasteiger partial charge in [0, 0.05) is 0 Å². The van der Waals surface area contributed by atoms with E-state index in [1.165, 1.54) is 32.1 Å². The minimum Gasteiger partial charge on any atom is -0.494 e. The average Bonchev–Trinajstić information content (AvgIpc) is 2.38. The Morgan fingerprint density at radius 2 is 1.89 bits per heavy atom. The van der Waals surface area contributed by atoms with Crippen molar-refractivity contribution >= 4 is 17.7 Å². The molecule has 0 saturated heterocycles. The van der Waals surface area contributed by atoms with Crippen LogP contribution in [0.3, 0.4) is 0 Å². The summed E-state index contributed by atoms with van der Waals surface area (Å²) in [4.78, 5) is 0. The lowest BCUT2D eigenvalue weighted by molar-refractivity contribution is 0.304. The second-order valence-electron chi connectivity index (χ2n) is 4.50. The first kappa shape index (κ1) is 15.1. The largest absolute Gasteiger partial charge is 0.494 e. The number of hydrogen-bond acceptors (Lipinski definition) is 1. The number of halogens is 1. The number of unbranched alkanes of at least 4 members (excludes halogenated alkanes) is 5. The highest BCUT2D eigenvalue weighted by molar-refractivity contribution is 6.32. The van der Waals surface area contributed by atoms with Crippen molar-refractivity contribution in [3.63, 3.8) is 0 Å². The van der Waals surface area contributed by atoms with Crippen LogP contribution in [0.1, 0.15) is 51.0 Å². The molecule has 0 aliphatic carbocycles. The van der Waals surface area contributed by atoms with Gasteiger partial charge in [-0.1, -0.05) is 63.3 Å².